The molecule has 23 heavy (non-hydrogen) atoms. The molecule has 8 heteroatoms. The molecule has 3 rings (SSSR count). The predicted molar refractivity (Wildman–Crippen MR) is 76.9 cm³/mol. The van der Waals surface area contributed by atoms with Gasteiger partial charge in [-0.1, -0.05) is 6.42 Å². The second-order valence-corrected chi connectivity index (χ2v) is 5.98. The molecule has 0 unspecified atom stereocenters. The van der Waals surface area contributed by atoms with Crippen LogP contribution in [0.5, 0.6) is 5.88 Å². The zero-order valence-corrected chi connectivity index (χ0v) is 12.4. The molecule has 2 aliphatic carbocycles. The standard InChI is InChI=1S/C15H19F2N3O3/c16-14(17)23-11-6-8(4-5-18-11)7-19-15(22)20-12-9-2-1-3-10(9)13(12)21/h4-6,9-10,12-14,21H,1-3,7H2,(H2,19,20,22)/t9-,10+,12-,13+/m1/s1. The molecule has 126 valence electrons. The monoisotopic (exact) mass is 327 g/mol. The molecule has 6 nitrogen and oxygen atoms in total. The van der Waals surface area contributed by atoms with E-state index >= 15 is 0 Å². The molecule has 2 amide bonds. The number of nitrogens with zero attached hydrogens (tertiary/aromatic N) is 1. The third-order valence-electron chi connectivity index (χ3n) is 4.65. The fraction of sp³-hybridized carbons (Fsp3) is 0.600. The summed E-state index contributed by atoms with van der Waals surface area (Å²) in [5.41, 5.74) is 0.596. The molecule has 0 aromatic carbocycles. The molecular formula is C15H19F2N3O3. The molecule has 0 bridgehead atoms. The van der Waals surface area contributed by atoms with E-state index in [0.29, 0.717) is 17.4 Å². The molecule has 1 aromatic heterocycles. The van der Waals surface area contributed by atoms with Crippen LogP contribution in [-0.2, 0) is 6.54 Å². The summed E-state index contributed by atoms with van der Waals surface area (Å²) in [5.74, 6) is 0.486. The number of alkyl halides is 2. The number of aromatic nitrogens is 1. The second-order valence-electron chi connectivity index (χ2n) is 5.98. The number of amides is 2. The lowest BCUT2D eigenvalue weighted by atomic mass is 9.69. The fourth-order valence-corrected chi connectivity index (χ4v) is 3.55. The third-order valence-corrected chi connectivity index (χ3v) is 4.65. The number of hydrogen-bond acceptors (Lipinski definition) is 4. The van der Waals surface area contributed by atoms with Gasteiger partial charge in [0.05, 0.1) is 12.1 Å². The Labute approximate surface area is 132 Å². The number of aliphatic hydroxyl groups excluding tert-OH is 1. The lowest BCUT2D eigenvalue weighted by Gasteiger charge is -2.46. The van der Waals surface area contributed by atoms with Gasteiger partial charge in [-0.3, -0.25) is 0 Å². The van der Waals surface area contributed by atoms with Gasteiger partial charge in [-0.2, -0.15) is 8.78 Å². The van der Waals surface area contributed by atoms with Crippen LogP contribution >= 0.6 is 0 Å². The van der Waals surface area contributed by atoms with Gasteiger partial charge >= 0.3 is 12.6 Å². The van der Waals surface area contributed by atoms with Crippen LogP contribution in [0.15, 0.2) is 18.3 Å². The Balaban J connectivity index is 1.47. The van der Waals surface area contributed by atoms with Crippen molar-refractivity contribution >= 4 is 6.03 Å². The summed E-state index contributed by atoms with van der Waals surface area (Å²) in [6.07, 6.45) is 4.02. The van der Waals surface area contributed by atoms with Crippen molar-refractivity contribution < 1.29 is 23.4 Å². The molecule has 0 saturated heterocycles. The Kier molecular flexibility index (Phi) is 4.61. The van der Waals surface area contributed by atoms with Crippen molar-refractivity contribution in [2.45, 2.75) is 44.6 Å². The normalized spacial score (nSPS) is 28.9. The van der Waals surface area contributed by atoms with E-state index in [0.717, 1.165) is 19.3 Å². The number of carbonyl (C=O) groups excluding carboxylic acids is 1. The van der Waals surface area contributed by atoms with E-state index < -0.39 is 12.7 Å². The molecule has 2 saturated carbocycles. The minimum Gasteiger partial charge on any atom is -0.417 e. The van der Waals surface area contributed by atoms with Crippen LogP contribution in [0.3, 0.4) is 0 Å². The third kappa shape index (κ3) is 3.52. The van der Waals surface area contributed by atoms with Gasteiger partial charge in [-0.25, -0.2) is 9.78 Å². The smallest absolute Gasteiger partial charge is 0.388 e. The molecule has 1 heterocycles. The molecule has 2 aliphatic rings. The highest BCUT2D eigenvalue weighted by Crippen LogP contribution is 2.47. The SMILES string of the molecule is O=C(NCc1ccnc(OC(F)F)c1)N[C@H]1[C@@H](O)[C@H]2CCC[C@H]21. The number of pyridine rings is 1. The molecule has 1 aromatic rings. The van der Waals surface area contributed by atoms with Crippen molar-refractivity contribution in [1.29, 1.82) is 0 Å². The topological polar surface area (TPSA) is 83.5 Å². The van der Waals surface area contributed by atoms with Crippen LogP contribution < -0.4 is 15.4 Å². The zero-order chi connectivity index (χ0) is 16.4. The van der Waals surface area contributed by atoms with Gasteiger partial charge in [0, 0.05) is 18.8 Å². The number of hydrogen-bond donors (Lipinski definition) is 3. The van der Waals surface area contributed by atoms with E-state index in [1.807, 2.05) is 0 Å². The number of fused-ring (bicyclic) bond motifs is 1. The maximum atomic E-state index is 12.1. The Morgan fingerprint density at radius 3 is 3.00 bits per heavy atom. The molecule has 4 atom stereocenters. The fourth-order valence-electron chi connectivity index (χ4n) is 3.55. The van der Waals surface area contributed by atoms with Crippen molar-refractivity contribution in [3.63, 3.8) is 0 Å². The summed E-state index contributed by atoms with van der Waals surface area (Å²) in [6.45, 7) is -2.78. The quantitative estimate of drug-likeness (QED) is 0.768. The number of nitrogens with one attached hydrogen (secondary N) is 2. The van der Waals surface area contributed by atoms with E-state index in [9.17, 15) is 18.7 Å². The van der Waals surface area contributed by atoms with E-state index in [1.165, 1.54) is 12.3 Å². The van der Waals surface area contributed by atoms with Gasteiger partial charge in [-0.05, 0) is 36.3 Å². The second kappa shape index (κ2) is 6.66. The average molecular weight is 327 g/mol. The van der Waals surface area contributed by atoms with Crippen molar-refractivity contribution in [2.24, 2.45) is 11.8 Å². The highest BCUT2D eigenvalue weighted by atomic mass is 19.3. The Bertz CT molecular complexity index is 573. The molecular weight excluding hydrogens is 308 g/mol. The van der Waals surface area contributed by atoms with Crippen molar-refractivity contribution in [3.05, 3.63) is 23.9 Å². The Morgan fingerprint density at radius 1 is 1.43 bits per heavy atom. The predicted octanol–water partition coefficient (Wildman–Crippen LogP) is 1.64. The summed E-state index contributed by atoms with van der Waals surface area (Å²) < 4.78 is 28.5. The van der Waals surface area contributed by atoms with Gasteiger partial charge in [0.15, 0.2) is 0 Å². The number of urea groups is 1. The van der Waals surface area contributed by atoms with Crippen molar-refractivity contribution in [1.82, 2.24) is 15.6 Å². The first-order chi connectivity index (χ1) is 11.0. The maximum absolute atomic E-state index is 12.1. The van der Waals surface area contributed by atoms with E-state index in [1.54, 1.807) is 6.07 Å². The number of carbonyl (C=O) groups is 1. The molecule has 0 radical (unpaired) electrons. The van der Waals surface area contributed by atoms with E-state index in [2.05, 4.69) is 20.4 Å². The van der Waals surface area contributed by atoms with Crippen LogP contribution in [0.2, 0.25) is 0 Å². The van der Waals surface area contributed by atoms with Gasteiger partial charge in [0.2, 0.25) is 5.88 Å². The lowest BCUT2D eigenvalue weighted by Crippen LogP contribution is -2.62. The van der Waals surface area contributed by atoms with Gasteiger partial charge in [0.25, 0.3) is 0 Å². The minimum absolute atomic E-state index is 0.158. The summed E-state index contributed by atoms with van der Waals surface area (Å²) in [5, 5.41) is 15.4. The largest absolute Gasteiger partial charge is 0.417 e. The van der Waals surface area contributed by atoms with Crippen LogP contribution in [0.25, 0.3) is 0 Å². The summed E-state index contributed by atoms with van der Waals surface area (Å²) >= 11 is 0. The molecule has 0 aliphatic heterocycles. The minimum atomic E-state index is -2.94. The first kappa shape index (κ1) is 15.9. The lowest BCUT2D eigenvalue weighted by molar-refractivity contribution is -0.0529. The van der Waals surface area contributed by atoms with Crippen LogP contribution in [0, 0.1) is 11.8 Å². The van der Waals surface area contributed by atoms with E-state index in [4.69, 9.17) is 0 Å². The highest BCUT2D eigenvalue weighted by molar-refractivity contribution is 5.74. The van der Waals surface area contributed by atoms with Gasteiger partial charge < -0.3 is 20.5 Å². The molecule has 0 spiro atoms. The number of ether oxygens (including phenoxy) is 1. The average Bonchev–Trinajstić information content (AvgIpc) is 2.95. The van der Waals surface area contributed by atoms with Crippen LogP contribution in [-0.4, -0.2) is 34.9 Å². The molecule has 3 N–H and O–H groups in total. The van der Waals surface area contributed by atoms with Crippen molar-refractivity contribution in [3.8, 4) is 5.88 Å². The van der Waals surface area contributed by atoms with Gasteiger partial charge in [-0.15, -0.1) is 0 Å². The first-order valence-electron chi connectivity index (χ1n) is 7.67. The number of aliphatic hydroxyl groups is 1. The maximum Gasteiger partial charge on any atom is 0.388 e. The zero-order valence-electron chi connectivity index (χ0n) is 12.4. The van der Waals surface area contributed by atoms with Crippen LogP contribution in [0.4, 0.5) is 13.6 Å². The summed E-state index contributed by atoms with van der Waals surface area (Å²) in [6, 6.07) is 2.37. The highest BCUT2D eigenvalue weighted by Gasteiger charge is 2.52. The van der Waals surface area contributed by atoms with Crippen LogP contribution in [0.1, 0.15) is 24.8 Å². The number of halogens is 2. The molecule has 2 fully saturated rings. The van der Waals surface area contributed by atoms with Gasteiger partial charge in [0.1, 0.15) is 0 Å². The number of rotatable bonds is 5. The van der Waals surface area contributed by atoms with E-state index in [-0.39, 0.29) is 24.5 Å². The first-order valence-corrected chi connectivity index (χ1v) is 7.67. The van der Waals surface area contributed by atoms with Crippen molar-refractivity contribution in [2.75, 3.05) is 0 Å². The summed E-state index contributed by atoms with van der Waals surface area (Å²) in [4.78, 5) is 15.6. The Morgan fingerprint density at radius 2 is 2.22 bits per heavy atom. The Hall–Kier alpha value is -1.96. The summed E-state index contributed by atoms with van der Waals surface area (Å²) in [7, 11) is 0.